The number of benzene rings is 1. The number of imidazole rings is 2. The van der Waals surface area contributed by atoms with Crippen LogP contribution in [0.25, 0.3) is 16.9 Å². The summed E-state index contributed by atoms with van der Waals surface area (Å²) in [6, 6.07) is 10.0. The number of aryl methyl sites for hydroxylation is 2. The molecule has 8 heteroatoms. The SMILES string of the molecule is CC(=O)Cn1c(=O)c2c(nc3n([C@@H](C)c4ccccc4)c(C)c(C)n23)n(C)c1=O. The fraction of sp³-hybridized carbons (Fsp3) is 0.333. The van der Waals surface area contributed by atoms with E-state index >= 15 is 0 Å². The maximum atomic E-state index is 13.2. The fourth-order valence-corrected chi connectivity index (χ4v) is 3.98. The van der Waals surface area contributed by atoms with Crippen LogP contribution in [0.3, 0.4) is 0 Å². The lowest BCUT2D eigenvalue weighted by Crippen LogP contribution is -2.40. The molecule has 8 nitrogen and oxygen atoms in total. The summed E-state index contributed by atoms with van der Waals surface area (Å²) in [7, 11) is 1.57. The summed E-state index contributed by atoms with van der Waals surface area (Å²) in [5, 5.41) is 0. The van der Waals surface area contributed by atoms with Crippen molar-refractivity contribution in [2.75, 3.05) is 0 Å². The molecular weight excluding hydrogens is 370 g/mol. The van der Waals surface area contributed by atoms with Crippen LogP contribution in [0.4, 0.5) is 0 Å². The van der Waals surface area contributed by atoms with Crippen LogP contribution in [0.5, 0.6) is 0 Å². The van der Waals surface area contributed by atoms with Gasteiger partial charge in [-0.1, -0.05) is 30.3 Å². The minimum absolute atomic E-state index is 0.0133. The summed E-state index contributed by atoms with van der Waals surface area (Å²) >= 11 is 0. The van der Waals surface area contributed by atoms with Gasteiger partial charge in [-0.25, -0.2) is 4.79 Å². The van der Waals surface area contributed by atoms with E-state index in [1.54, 1.807) is 11.4 Å². The molecule has 0 aliphatic carbocycles. The van der Waals surface area contributed by atoms with Crippen molar-refractivity contribution in [3.63, 3.8) is 0 Å². The number of ketones is 1. The number of hydrogen-bond acceptors (Lipinski definition) is 4. The van der Waals surface area contributed by atoms with E-state index in [4.69, 9.17) is 0 Å². The Bertz CT molecular complexity index is 1390. The minimum atomic E-state index is -0.546. The van der Waals surface area contributed by atoms with Gasteiger partial charge in [0.15, 0.2) is 11.2 Å². The van der Waals surface area contributed by atoms with Crippen LogP contribution < -0.4 is 11.2 Å². The van der Waals surface area contributed by atoms with Crippen molar-refractivity contribution in [2.24, 2.45) is 7.05 Å². The van der Waals surface area contributed by atoms with E-state index in [-0.39, 0.29) is 18.4 Å². The topological polar surface area (TPSA) is 83.3 Å². The summed E-state index contributed by atoms with van der Waals surface area (Å²) in [6.45, 7) is 7.10. The summed E-state index contributed by atoms with van der Waals surface area (Å²) in [5.74, 6) is 0.339. The number of carbonyl (C=O) groups is 1. The summed E-state index contributed by atoms with van der Waals surface area (Å²) in [6.07, 6.45) is 0. The quantitative estimate of drug-likeness (QED) is 0.531. The standard InChI is InChI=1S/C21H23N5O3/c1-12(27)11-24-19(28)17-18(23(5)21(24)29)22-20-25(13(2)14(3)26(17)20)15(4)16-9-7-6-8-10-16/h6-10,15H,11H2,1-5H3/t15-/m0/s1. The number of aromatic nitrogens is 5. The van der Waals surface area contributed by atoms with Gasteiger partial charge in [-0.3, -0.25) is 23.1 Å². The normalized spacial score (nSPS) is 12.7. The van der Waals surface area contributed by atoms with Gasteiger partial charge >= 0.3 is 5.69 Å². The van der Waals surface area contributed by atoms with E-state index in [0.717, 1.165) is 21.5 Å². The molecule has 0 spiro atoms. The summed E-state index contributed by atoms with van der Waals surface area (Å²) in [4.78, 5) is 42.1. The Labute approximate surface area is 166 Å². The Morgan fingerprint density at radius 1 is 1.10 bits per heavy atom. The van der Waals surface area contributed by atoms with E-state index in [1.165, 1.54) is 11.5 Å². The number of hydrogen-bond donors (Lipinski definition) is 0. The van der Waals surface area contributed by atoms with Crippen molar-refractivity contribution in [3.05, 3.63) is 68.1 Å². The molecule has 0 saturated heterocycles. The van der Waals surface area contributed by atoms with Gasteiger partial charge in [-0.05, 0) is 33.3 Å². The molecule has 0 fully saturated rings. The van der Waals surface area contributed by atoms with Crippen molar-refractivity contribution >= 4 is 22.7 Å². The van der Waals surface area contributed by atoms with E-state index < -0.39 is 11.2 Å². The molecular formula is C21H23N5O3. The zero-order valence-electron chi connectivity index (χ0n) is 17.1. The number of Topliss-reactive ketones (excluding diaryl/α,β-unsaturated/α-hetero) is 1. The maximum Gasteiger partial charge on any atom is 0.332 e. The van der Waals surface area contributed by atoms with Crippen molar-refractivity contribution in [3.8, 4) is 0 Å². The lowest BCUT2D eigenvalue weighted by atomic mass is 10.1. The van der Waals surface area contributed by atoms with Gasteiger partial charge in [0.05, 0.1) is 12.6 Å². The van der Waals surface area contributed by atoms with Gasteiger partial charge in [0.25, 0.3) is 5.56 Å². The zero-order valence-corrected chi connectivity index (χ0v) is 17.1. The predicted molar refractivity (Wildman–Crippen MR) is 111 cm³/mol. The molecule has 0 radical (unpaired) electrons. The summed E-state index contributed by atoms with van der Waals surface area (Å²) < 4.78 is 6.18. The molecule has 0 unspecified atom stereocenters. The second-order valence-electron chi connectivity index (χ2n) is 7.48. The fourth-order valence-electron chi connectivity index (χ4n) is 3.98. The lowest BCUT2D eigenvalue weighted by Gasteiger charge is -2.16. The third kappa shape index (κ3) is 2.66. The van der Waals surface area contributed by atoms with E-state index in [2.05, 4.69) is 16.5 Å². The monoisotopic (exact) mass is 393 g/mol. The van der Waals surface area contributed by atoms with Crippen LogP contribution in [0.2, 0.25) is 0 Å². The molecule has 1 aromatic carbocycles. The van der Waals surface area contributed by atoms with Gasteiger partial charge in [-0.2, -0.15) is 4.98 Å². The Hall–Kier alpha value is -3.42. The molecule has 0 bridgehead atoms. The number of nitrogens with zero attached hydrogens (tertiary/aromatic N) is 5. The molecule has 29 heavy (non-hydrogen) atoms. The Balaban J connectivity index is 2.12. The highest BCUT2D eigenvalue weighted by molar-refractivity contribution is 5.78. The first-order valence-corrected chi connectivity index (χ1v) is 9.47. The highest BCUT2D eigenvalue weighted by atomic mass is 16.2. The number of carbonyl (C=O) groups excluding carboxylic acids is 1. The smallest absolute Gasteiger partial charge is 0.307 e. The van der Waals surface area contributed by atoms with Crippen LogP contribution in [-0.2, 0) is 18.4 Å². The second kappa shape index (κ2) is 6.58. The maximum absolute atomic E-state index is 13.2. The van der Waals surface area contributed by atoms with E-state index in [0.29, 0.717) is 16.9 Å². The average Bonchev–Trinajstić information content (AvgIpc) is 3.19. The van der Waals surface area contributed by atoms with Gasteiger partial charge in [-0.15, -0.1) is 0 Å². The van der Waals surface area contributed by atoms with Gasteiger partial charge in [0.2, 0.25) is 5.78 Å². The first-order valence-electron chi connectivity index (χ1n) is 9.47. The molecule has 0 saturated carbocycles. The second-order valence-corrected chi connectivity index (χ2v) is 7.48. The Morgan fingerprint density at radius 2 is 1.76 bits per heavy atom. The number of fused-ring (bicyclic) bond motifs is 3. The Morgan fingerprint density at radius 3 is 2.38 bits per heavy atom. The first kappa shape index (κ1) is 18.9. The van der Waals surface area contributed by atoms with Crippen molar-refractivity contribution in [2.45, 2.75) is 40.3 Å². The molecule has 0 N–H and O–H groups in total. The van der Waals surface area contributed by atoms with E-state index in [9.17, 15) is 14.4 Å². The van der Waals surface area contributed by atoms with Gasteiger partial charge in [0, 0.05) is 18.4 Å². The molecule has 0 amide bonds. The average molecular weight is 393 g/mol. The van der Waals surface area contributed by atoms with Crippen molar-refractivity contribution < 1.29 is 4.79 Å². The van der Waals surface area contributed by atoms with Crippen LogP contribution >= 0.6 is 0 Å². The molecule has 1 atom stereocenters. The third-order valence-electron chi connectivity index (χ3n) is 5.61. The molecule has 3 aromatic heterocycles. The summed E-state index contributed by atoms with van der Waals surface area (Å²) in [5.41, 5.74) is 2.54. The molecule has 4 aromatic rings. The third-order valence-corrected chi connectivity index (χ3v) is 5.61. The van der Waals surface area contributed by atoms with Crippen molar-refractivity contribution in [1.82, 2.24) is 23.1 Å². The molecule has 150 valence electrons. The largest absolute Gasteiger partial charge is 0.332 e. The molecule has 4 rings (SSSR count). The first-order chi connectivity index (χ1) is 13.7. The van der Waals surface area contributed by atoms with E-state index in [1.807, 2.05) is 44.2 Å². The van der Waals surface area contributed by atoms with Crippen LogP contribution in [0, 0.1) is 13.8 Å². The zero-order chi connectivity index (χ0) is 21.0. The highest BCUT2D eigenvalue weighted by Gasteiger charge is 2.25. The van der Waals surface area contributed by atoms with Gasteiger partial charge in [0.1, 0.15) is 5.78 Å². The Kier molecular flexibility index (Phi) is 4.29. The lowest BCUT2D eigenvalue weighted by molar-refractivity contribution is -0.117. The highest BCUT2D eigenvalue weighted by Crippen LogP contribution is 2.27. The van der Waals surface area contributed by atoms with Crippen molar-refractivity contribution in [1.29, 1.82) is 0 Å². The van der Waals surface area contributed by atoms with Crippen LogP contribution in [0.15, 0.2) is 39.9 Å². The molecule has 3 heterocycles. The van der Waals surface area contributed by atoms with Crippen LogP contribution in [-0.4, -0.2) is 28.9 Å². The predicted octanol–water partition coefficient (Wildman–Crippen LogP) is 1.96. The molecule has 0 aliphatic heterocycles. The minimum Gasteiger partial charge on any atom is -0.307 e. The van der Waals surface area contributed by atoms with Crippen LogP contribution in [0.1, 0.15) is 36.8 Å². The number of rotatable bonds is 4. The molecule has 0 aliphatic rings. The van der Waals surface area contributed by atoms with Gasteiger partial charge < -0.3 is 4.57 Å².